The van der Waals surface area contributed by atoms with Gasteiger partial charge in [0.1, 0.15) is 37.1 Å². The number of ether oxygens (including phenoxy) is 4. The first-order valence-corrected chi connectivity index (χ1v) is 13.1. The van der Waals surface area contributed by atoms with Crippen molar-refractivity contribution in [1.29, 1.82) is 11.1 Å². The maximum absolute atomic E-state index is 12.0. The lowest BCUT2D eigenvalue weighted by Gasteiger charge is -2.15. The number of nitrogens with zero attached hydrogens (tertiary/aromatic N) is 2. The van der Waals surface area contributed by atoms with E-state index in [-0.39, 0.29) is 19.0 Å². The molecule has 4 rings (SSSR count). The average Bonchev–Trinajstić information content (AvgIpc) is 3.07. The van der Waals surface area contributed by atoms with E-state index in [1.165, 1.54) is 7.11 Å². The third kappa shape index (κ3) is 10.8. The van der Waals surface area contributed by atoms with Crippen LogP contribution >= 0.6 is 0 Å². The maximum Gasteiger partial charge on any atom is 0.337 e. The van der Waals surface area contributed by atoms with E-state index in [1.54, 1.807) is 24.3 Å². The molecule has 43 heavy (non-hydrogen) atoms. The van der Waals surface area contributed by atoms with E-state index in [9.17, 15) is 4.79 Å². The van der Waals surface area contributed by atoms with Crippen LogP contribution in [-0.4, -0.2) is 30.5 Å². The lowest BCUT2D eigenvalue weighted by molar-refractivity contribution is 0.0600. The van der Waals surface area contributed by atoms with Crippen LogP contribution in [-0.2, 0) is 18.0 Å². The van der Waals surface area contributed by atoms with Gasteiger partial charge in [-0.2, -0.15) is 5.10 Å². The van der Waals surface area contributed by atoms with Gasteiger partial charge in [-0.05, 0) is 50.2 Å². The molecule has 0 atom stereocenters. The Morgan fingerprint density at radius 2 is 1.60 bits per heavy atom. The molecule has 0 aliphatic heterocycles. The number of hydrogen-bond acceptors (Lipinski definition) is 11. The predicted molar refractivity (Wildman–Crippen MR) is 165 cm³/mol. The molecular weight excluding hydrogens is 550 g/mol. The van der Waals surface area contributed by atoms with E-state index in [4.69, 9.17) is 41.7 Å². The number of carbonyl (C=O) groups is 1. The fraction of sp³-hybridized carbons (Fsp3) is 0.194. The number of rotatable bonds is 10. The lowest BCUT2D eigenvalue weighted by Crippen LogP contribution is -2.35. The number of pyridine rings is 1. The van der Waals surface area contributed by atoms with Gasteiger partial charge in [-0.3, -0.25) is 0 Å². The molecule has 12 nitrogen and oxygen atoms in total. The normalized spacial score (nSPS) is 10.6. The topological polar surface area (TPSA) is 191 Å². The van der Waals surface area contributed by atoms with Crippen molar-refractivity contribution in [3.05, 3.63) is 108 Å². The van der Waals surface area contributed by atoms with Crippen molar-refractivity contribution in [2.45, 2.75) is 27.1 Å². The average molecular weight is 588 g/mol. The second-order valence-corrected chi connectivity index (χ2v) is 8.54. The molecule has 0 bridgehead atoms. The van der Waals surface area contributed by atoms with Crippen molar-refractivity contribution < 1.29 is 23.7 Å². The number of carbonyl (C=O) groups excluding carboxylic acids is 1. The van der Waals surface area contributed by atoms with Crippen LogP contribution in [0.25, 0.3) is 10.9 Å². The Balaban J connectivity index is 0.000000993. The van der Waals surface area contributed by atoms with E-state index >= 15 is 0 Å². The van der Waals surface area contributed by atoms with Gasteiger partial charge in [0.2, 0.25) is 0 Å². The minimum Gasteiger partial charge on any atom is -0.489 e. The third-order valence-corrected chi connectivity index (χ3v) is 5.75. The maximum atomic E-state index is 12.0. The molecule has 0 saturated heterocycles. The second-order valence-electron chi connectivity index (χ2n) is 8.54. The quantitative estimate of drug-likeness (QED) is 0.0304. The number of esters is 1. The van der Waals surface area contributed by atoms with E-state index < -0.39 is 5.97 Å². The number of amidine groups is 1. The van der Waals surface area contributed by atoms with Gasteiger partial charge in [-0.25, -0.2) is 26.7 Å². The zero-order chi connectivity index (χ0) is 31.5. The number of para-hydroxylation sites is 1. The van der Waals surface area contributed by atoms with Gasteiger partial charge in [0.05, 0.1) is 23.9 Å². The number of aromatic nitrogens is 1. The van der Waals surface area contributed by atoms with Crippen LogP contribution < -0.4 is 31.3 Å². The van der Waals surface area contributed by atoms with Gasteiger partial charge >= 0.3 is 5.97 Å². The fourth-order valence-corrected chi connectivity index (χ4v) is 3.48. The third-order valence-electron chi connectivity index (χ3n) is 5.75. The van der Waals surface area contributed by atoms with Crippen LogP contribution in [0.4, 0.5) is 0 Å². The largest absolute Gasteiger partial charge is 0.489 e. The van der Waals surface area contributed by atoms with Gasteiger partial charge in [-0.1, -0.05) is 48.6 Å². The summed E-state index contributed by atoms with van der Waals surface area (Å²) in [7, 11) is 1.31. The van der Waals surface area contributed by atoms with Gasteiger partial charge in [0.25, 0.3) is 0 Å². The molecule has 226 valence electrons. The molecule has 0 saturated carbocycles. The number of fused-ring (bicyclic) bond motifs is 1. The van der Waals surface area contributed by atoms with Crippen molar-refractivity contribution >= 4 is 22.7 Å². The van der Waals surface area contributed by atoms with Crippen LogP contribution in [0.2, 0.25) is 0 Å². The Kier molecular flexibility index (Phi) is 14.7. The molecule has 12 heteroatoms. The first kappa shape index (κ1) is 33.7. The summed E-state index contributed by atoms with van der Waals surface area (Å²) in [5, 5.41) is 4.58. The number of benzene rings is 3. The van der Waals surface area contributed by atoms with Crippen LogP contribution in [0.1, 0.15) is 35.5 Å². The van der Waals surface area contributed by atoms with Gasteiger partial charge in [0, 0.05) is 17.0 Å². The Bertz CT molecular complexity index is 1510. The lowest BCUT2D eigenvalue weighted by atomic mass is 10.1. The summed E-state index contributed by atoms with van der Waals surface area (Å²) in [6, 6.07) is 24.1. The highest BCUT2D eigenvalue weighted by molar-refractivity contribution is 5.90. The summed E-state index contributed by atoms with van der Waals surface area (Å²) in [6.07, 6.45) is 4.00. The smallest absolute Gasteiger partial charge is 0.337 e. The predicted octanol–water partition coefficient (Wildman–Crippen LogP) is 5.47. The molecule has 1 aromatic heterocycles. The fourth-order valence-electron chi connectivity index (χ4n) is 3.48. The van der Waals surface area contributed by atoms with E-state index in [0.717, 1.165) is 16.6 Å². The molecule has 1 heterocycles. The van der Waals surface area contributed by atoms with Crippen molar-refractivity contribution in [3.63, 3.8) is 0 Å². The highest BCUT2D eigenvalue weighted by Crippen LogP contribution is 2.26. The minimum absolute atomic E-state index is 0.0310. The summed E-state index contributed by atoms with van der Waals surface area (Å²) in [6.45, 7) is 4.45. The first-order valence-electron chi connectivity index (χ1n) is 13.1. The van der Waals surface area contributed by atoms with Crippen LogP contribution in [0.5, 0.6) is 17.2 Å². The minimum atomic E-state index is -0.493. The SMILES string of the molecule is C/C=C/C.COC(=O)c1ccc(COc2cccc(OCc3ccc4ccccc4n3)c2)c(OC/C(=N/N)NN)c1.N=N. The molecule has 0 fully saturated rings. The molecule has 0 spiro atoms. The van der Waals surface area contributed by atoms with Crippen LogP contribution in [0.15, 0.2) is 96.1 Å². The number of hydrogen-bond donors (Lipinski definition) is 5. The number of hydrazine groups is 1. The number of allylic oxidation sites excluding steroid dienone is 2. The van der Waals surface area contributed by atoms with E-state index in [0.29, 0.717) is 35.0 Å². The molecule has 3 aromatic carbocycles. The molecule has 4 aromatic rings. The number of hydrazone groups is 1. The van der Waals surface area contributed by atoms with E-state index in [2.05, 4.69) is 15.5 Å². The highest BCUT2D eigenvalue weighted by atomic mass is 16.5. The van der Waals surface area contributed by atoms with Gasteiger partial charge < -0.3 is 30.2 Å². The summed E-state index contributed by atoms with van der Waals surface area (Å²) in [5.74, 6) is 12.0. The molecular formula is C31H37N7O5. The molecule has 0 unspecified atom stereocenters. The number of methoxy groups -OCH3 is 1. The van der Waals surface area contributed by atoms with Gasteiger partial charge in [-0.15, -0.1) is 0 Å². The van der Waals surface area contributed by atoms with Crippen molar-refractivity contribution in [2.24, 2.45) is 16.8 Å². The van der Waals surface area contributed by atoms with Crippen molar-refractivity contribution in [2.75, 3.05) is 13.7 Å². The Morgan fingerprint density at radius 3 is 2.26 bits per heavy atom. The Labute approximate surface area is 250 Å². The van der Waals surface area contributed by atoms with Crippen molar-refractivity contribution in [1.82, 2.24) is 10.4 Å². The second kappa shape index (κ2) is 18.8. The number of nitrogens with one attached hydrogen (secondary N) is 3. The van der Waals surface area contributed by atoms with Crippen LogP contribution in [0, 0.1) is 11.1 Å². The first-order chi connectivity index (χ1) is 21.0. The summed E-state index contributed by atoms with van der Waals surface area (Å²) in [5.41, 5.74) is 15.1. The zero-order valence-electron chi connectivity index (χ0n) is 24.4. The monoisotopic (exact) mass is 587 g/mol. The zero-order valence-corrected chi connectivity index (χ0v) is 24.4. The van der Waals surface area contributed by atoms with Crippen molar-refractivity contribution in [3.8, 4) is 17.2 Å². The molecule has 0 aliphatic carbocycles. The summed E-state index contributed by atoms with van der Waals surface area (Å²) in [4.78, 5) is 16.6. The Hall–Kier alpha value is -5.49. The Morgan fingerprint density at radius 1 is 0.907 bits per heavy atom. The standard InChI is InChI=1S/C27H27N5O5.C4H8.H2N2/c1-34-27(33)19-9-10-20(25(13-19)37-17-26(31-28)32-29)15-35-22-6-4-7-23(14-22)36-16-21-12-11-18-5-2-3-8-24(18)30-21;1-3-4-2;1-2/h2-14H,15-17,28-29H2,1H3,(H,31,32);3-4H,1-2H3;1-2H/b;4-3+;. The molecule has 0 amide bonds. The number of nitrogens with two attached hydrogens (primary N) is 2. The molecule has 0 radical (unpaired) electrons. The summed E-state index contributed by atoms with van der Waals surface area (Å²) < 4.78 is 22.5. The molecule has 0 aliphatic rings. The van der Waals surface area contributed by atoms with E-state index in [1.807, 2.05) is 80.6 Å². The van der Waals surface area contributed by atoms with Crippen LogP contribution in [0.3, 0.4) is 0 Å². The molecule has 7 N–H and O–H groups in total. The summed E-state index contributed by atoms with van der Waals surface area (Å²) >= 11 is 0. The highest BCUT2D eigenvalue weighted by Gasteiger charge is 2.13. The van der Waals surface area contributed by atoms with Gasteiger partial charge in [0.15, 0.2) is 5.84 Å².